The number of hydrogen-bond donors (Lipinski definition) is 0. The third-order valence-electron chi connectivity index (χ3n) is 2.22. The molecular weight excluding hydrogens is 196 g/mol. The SMILES string of the molecule is CC(C)(C)C1SSc2ccccc21. The Morgan fingerprint density at radius 2 is 1.85 bits per heavy atom. The van der Waals surface area contributed by atoms with Crippen molar-refractivity contribution in [3.05, 3.63) is 29.8 Å². The van der Waals surface area contributed by atoms with E-state index >= 15 is 0 Å². The van der Waals surface area contributed by atoms with Crippen molar-refractivity contribution in [2.75, 3.05) is 0 Å². The van der Waals surface area contributed by atoms with Gasteiger partial charge < -0.3 is 0 Å². The van der Waals surface area contributed by atoms with E-state index < -0.39 is 0 Å². The lowest BCUT2D eigenvalue weighted by Crippen LogP contribution is -2.13. The van der Waals surface area contributed by atoms with E-state index in [-0.39, 0.29) is 0 Å². The molecule has 2 rings (SSSR count). The summed E-state index contributed by atoms with van der Waals surface area (Å²) >= 11 is 0. The molecule has 0 saturated carbocycles. The lowest BCUT2D eigenvalue weighted by molar-refractivity contribution is 0.401. The maximum Gasteiger partial charge on any atom is 0.0464 e. The summed E-state index contributed by atoms with van der Waals surface area (Å²) in [5.41, 5.74) is 1.88. The summed E-state index contributed by atoms with van der Waals surface area (Å²) in [7, 11) is 3.91. The third kappa shape index (κ3) is 1.75. The molecule has 1 aromatic rings. The molecule has 0 spiro atoms. The summed E-state index contributed by atoms with van der Waals surface area (Å²) in [6.45, 7) is 6.94. The van der Waals surface area contributed by atoms with Crippen LogP contribution >= 0.6 is 21.6 Å². The van der Waals surface area contributed by atoms with Gasteiger partial charge >= 0.3 is 0 Å². The molecule has 1 aliphatic rings. The summed E-state index contributed by atoms with van der Waals surface area (Å²) in [6, 6.07) is 8.75. The quantitative estimate of drug-likeness (QED) is 0.577. The summed E-state index contributed by atoms with van der Waals surface area (Å²) in [4.78, 5) is 1.45. The smallest absolute Gasteiger partial charge is 0.0464 e. The van der Waals surface area contributed by atoms with Gasteiger partial charge in [-0.05, 0) is 17.0 Å². The van der Waals surface area contributed by atoms with Crippen LogP contribution in [0.2, 0.25) is 0 Å². The number of hydrogen-bond acceptors (Lipinski definition) is 2. The Hall–Kier alpha value is -0.0800. The fourth-order valence-electron chi connectivity index (χ4n) is 1.54. The van der Waals surface area contributed by atoms with Crippen LogP contribution < -0.4 is 0 Å². The van der Waals surface area contributed by atoms with E-state index in [4.69, 9.17) is 0 Å². The molecule has 1 atom stereocenters. The predicted molar refractivity (Wildman–Crippen MR) is 62.1 cm³/mol. The Morgan fingerprint density at radius 1 is 1.15 bits per heavy atom. The summed E-state index contributed by atoms with van der Waals surface area (Å²) < 4.78 is 0. The Balaban J connectivity index is 2.39. The number of fused-ring (bicyclic) bond motifs is 1. The zero-order chi connectivity index (χ0) is 9.47. The van der Waals surface area contributed by atoms with Gasteiger partial charge in [-0.15, -0.1) is 0 Å². The first-order valence-electron chi connectivity index (χ1n) is 4.51. The first-order chi connectivity index (χ1) is 6.09. The number of benzene rings is 1. The first-order valence-corrected chi connectivity index (χ1v) is 6.72. The highest BCUT2D eigenvalue weighted by Crippen LogP contribution is 2.59. The van der Waals surface area contributed by atoms with E-state index in [1.807, 2.05) is 21.6 Å². The Bertz CT molecular complexity index is 312. The van der Waals surface area contributed by atoms with E-state index in [9.17, 15) is 0 Å². The molecular formula is C11H14S2. The molecule has 0 amide bonds. The van der Waals surface area contributed by atoms with Gasteiger partial charge in [0.05, 0.1) is 0 Å². The van der Waals surface area contributed by atoms with Crippen LogP contribution in [0.5, 0.6) is 0 Å². The molecule has 1 unspecified atom stereocenters. The molecule has 1 aliphatic heterocycles. The van der Waals surface area contributed by atoms with E-state index in [1.54, 1.807) is 0 Å². The average Bonchev–Trinajstić information content (AvgIpc) is 2.45. The molecule has 0 bridgehead atoms. The molecule has 0 radical (unpaired) electrons. The van der Waals surface area contributed by atoms with Gasteiger partial charge in [0.15, 0.2) is 0 Å². The average molecular weight is 210 g/mol. The molecule has 0 saturated heterocycles. The second-order valence-electron chi connectivity index (χ2n) is 4.46. The summed E-state index contributed by atoms with van der Waals surface area (Å²) in [6.07, 6.45) is 0. The molecule has 0 aliphatic carbocycles. The van der Waals surface area contributed by atoms with Gasteiger partial charge in [0.2, 0.25) is 0 Å². The molecule has 13 heavy (non-hydrogen) atoms. The van der Waals surface area contributed by atoms with Gasteiger partial charge in [0, 0.05) is 10.1 Å². The van der Waals surface area contributed by atoms with Crippen molar-refractivity contribution < 1.29 is 0 Å². The van der Waals surface area contributed by atoms with Crippen LogP contribution in [0.1, 0.15) is 31.6 Å². The maximum absolute atomic E-state index is 2.31. The number of rotatable bonds is 0. The Kier molecular flexibility index (Phi) is 2.37. The van der Waals surface area contributed by atoms with Gasteiger partial charge in [0.25, 0.3) is 0 Å². The maximum atomic E-state index is 2.31. The highest BCUT2D eigenvalue weighted by atomic mass is 33.1. The second-order valence-corrected chi connectivity index (χ2v) is 6.81. The highest BCUT2D eigenvalue weighted by molar-refractivity contribution is 8.77. The largest absolute Gasteiger partial charge is 0.0801 e. The zero-order valence-electron chi connectivity index (χ0n) is 8.20. The van der Waals surface area contributed by atoms with Gasteiger partial charge in [-0.1, -0.05) is 60.6 Å². The summed E-state index contributed by atoms with van der Waals surface area (Å²) in [5, 5.41) is 0.647. The van der Waals surface area contributed by atoms with Crippen LogP contribution in [0.4, 0.5) is 0 Å². The van der Waals surface area contributed by atoms with Crippen molar-refractivity contribution in [1.29, 1.82) is 0 Å². The minimum absolute atomic E-state index is 0.365. The van der Waals surface area contributed by atoms with E-state index in [2.05, 4.69) is 45.0 Å². The zero-order valence-corrected chi connectivity index (χ0v) is 9.84. The normalized spacial score (nSPS) is 21.6. The van der Waals surface area contributed by atoms with Crippen LogP contribution in [0.15, 0.2) is 29.2 Å². The van der Waals surface area contributed by atoms with Crippen molar-refractivity contribution in [2.24, 2.45) is 5.41 Å². The molecule has 2 heteroatoms. The first kappa shape index (κ1) is 9.47. The van der Waals surface area contributed by atoms with Crippen molar-refractivity contribution in [1.82, 2.24) is 0 Å². The van der Waals surface area contributed by atoms with Crippen molar-refractivity contribution in [3.8, 4) is 0 Å². The van der Waals surface area contributed by atoms with Gasteiger partial charge in [-0.25, -0.2) is 0 Å². The van der Waals surface area contributed by atoms with Crippen LogP contribution in [0.3, 0.4) is 0 Å². The topological polar surface area (TPSA) is 0 Å². The second kappa shape index (κ2) is 3.25. The van der Waals surface area contributed by atoms with Crippen LogP contribution in [-0.2, 0) is 0 Å². The molecule has 0 N–H and O–H groups in total. The minimum Gasteiger partial charge on any atom is -0.0801 e. The highest BCUT2D eigenvalue weighted by Gasteiger charge is 2.33. The molecule has 0 fully saturated rings. The van der Waals surface area contributed by atoms with Gasteiger partial charge in [-0.3, -0.25) is 0 Å². The fourth-order valence-corrected chi connectivity index (χ4v) is 5.06. The van der Waals surface area contributed by atoms with E-state index in [0.29, 0.717) is 10.7 Å². The third-order valence-corrected chi connectivity index (χ3v) is 5.43. The van der Waals surface area contributed by atoms with Crippen LogP contribution in [0, 0.1) is 5.41 Å². The van der Waals surface area contributed by atoms with Gasteiger partial charge in [0.1, 0.15) is 0 Å². The molecule has 0 aromatic heterocycles. The van der Waals surface area contributed by atoms with Crippen LogP contribution in [-0.4, -0.2) is 0 Å². The summed E-state index contributed by atoms with van der Waals surface area (Å²) in [5.74, 6) is 0. The predicted octanol–water partition coefficient (Wildman–Crippen LogP) is 4.53. The lowest BCUT2D eigenvalue weighted by Gasteiger charge is -2.25. The molecule has 0 nitrogen and oxygen atoms in total. The van der Waals surface area contributed by atoms with Crippen molar-refractivity contribution in [2.45, 2.75) is 30.9 Å². The molecule has 70 valence electrons. The lowest BCUT2D eigenvalue weighted by atomic mass is 9.87. The fraction of sp³-hybridized carbons (Fsp3) is 0.455. The van der Waals surface area contributed by atoms with Gasteiger partial charge in [-0.2, -0.15) is 0 Å². The van der Waals surface area contributed by atoms with Crippen LogP contribution in [0.25, 0.3) is 0 Å². The van der Waals surface area contributed by atoms with E-state index in [1.165, 1.54) is 10.5 Å². The monoisotopic (exact) mass is 210 g/mol. The Morgan fingerprint density at radius 3 is 2.54 bits per heavy atom. The van der Waals surface area contributed by atoms with E-state index in [0.717, 1.165) is 0 Å². The molecule has 1 aromatic carbocycles. The molecule has 1 heterocycles. The van der Waals surface area contributed by atoms with Crippen molar-refractivity contribution >= 4 is 21.6 Å². The Labute approximate surface area is 87.9 Å². The minimum atomic E-state index is 0.365. The standard InChI is InChI=1S/C11H14S2/c1-11(2,3)10-8-6-4-5-7-9(8)12-13-10/h4-7,10H,1-3H3. The van der Waals surface area contributed by atoms with Crippen molar-refractivity contribution in [3.63, 3.8) is 0 Å².